The third-order valence-electron chi connectivity index (χ3n) is 7.08. The lowest BCUT2D eigenvalue weighted by molar-refractivity contribution is -0.120. The normalized spacial score (nSPS) is 11.9. The Kier molecular flexibility index (Phi) is 7.83. The molecule has 0 aliphatic carbocycles. The summed E-state index contributed by atoms with van der Waals surface area (Å²) in [6.07, 6.45) is 3.44. The van der Waals surface area contributed by atoms with Crippen LogP contribution in [-0.4, -0.2) is 27.0 Å². The van der Waals surface area contributed by atoms with Gasteiger partial charge in [-0.2, -0.15) is 0 Å². The van der Waals surface area contributed by atoms with Crippen molar-refractivity contribution in [2.75, 3.05) is 0 Å². The van der Waals surface area contributed by atoms with Crippen LogP contribution in [0, 0.1) is 11.6 Å². The van der Waals surface area contributed by atoms with Crippen LogP contribution in [0.25, 0.3) is 22.0 Å². The molecule has 5 rings (SSSR count). The van der Waals surface area contributed by atoms with E-state index in [0.717, 1.165) is 17.0 Å². The van der Waals surface area contributed by atoms with Crippen molar-refractivity contribution in [3.63, 3.8) is 0 Å². The van der Waals surface area contributed by atoms with Crippen molar-refractivity contribution >= 4 is 28.4 Å². The molecule has 1 atom stereocenters. The fourth-order valence-corrected chi connectivity index (χ4v) is 5.29. The maximum Gasteiger partial charge on any atom is 0.248 e. The fraction of sp³-hybridized carbons (Fsp3) is 0.152. The Morgan fingerprint density at radius 2 is 1.68 bits per heavy atom. The Bertz CT molecular complexity index is 1770. The smallest absolute Gasteiger partial charge is 0.248 e. The molecule has 6 nitrogen and oxygen atoms in total. The number of fused-ring (bicyclic) bond motifs is 1. The molecule has 0 spiro atoms. The van der Waals surface area contributed by atoms with Crippen LogP contribution < -0.4 is 5.73 Å². The molecule has 8 heteroatoms. The molecule has 1 amide bonds. The number of hydrogen-bond acceptors (Lipinski definition) is 4. The van der Waals surface area contributed by atoms with Crippen LogP contribution >= 0.6 is 0 Å². The lowest BCUT2D eigenvalue weighted by Crippen LogP contribution is -2.17. The first kappa shape index (κ1) is 27.6. The zero-order valence-electron chi connectivity index (χ0n) is 22.3. The van der Waals surface area contributed by atoms with E-state index in [2.05, 4.69) is 4.98 Å². The second kappa shape index (κ2) is 11.6. The van der Waals surface area contributed by atoms with Crippen molar-refractivity contribution in [2.24, 2.45) is 5.73 Å². The summed E-state index contributed by atoms with van der Waals surface area (Å²) >= 11 is 0. The van der Waals surface area contributed by atoms with Crippen LogP contribution in [0.2, 0.25) is 0 Å². The predicted molar refractivity (Wildman–Crippen MR) is 153 cm³/mol. The summed E-state index contributed by atoms with van der Waals surface area (Å²) in [7, 11) is 0. The van der Waals surface area contributed by atoms with Crippen LogP contribution in [0.1, 0.15) is 51.2 Å². The standard InChI is InChI=1S/C33H27F2N3O3/c1-20(39)30-19-38(31-10-3-2-8-29(30)31)18-27(40)16-24(12-21-13-25(34)17-26(35)14-21)32-28(9-5-11-37-32)22-6-4-7-23(15-22)33(36)41/h2-11,13-15,17,19,24H,12,16,18H2,1H3,(H2,36,41)/t24-/m1/s1. The van der Waals surface area contributed by atoms with Crippen molar-refractivity contribution < 1.29 is 23.2 Å². The monoisotopic (exact) mass is 551 g/mol. The number of Topliss-reactive ketones (excluding diaryl/α,β-unsaturated/α-hetero) is 2. The van der Waals surface area contributed by atoms with Gasteiger partial charge in [-0.3, -0.25) is 19.4 Å². The van der Waals surface area contributed by atoms with E-state index in [1.54, 1.807) is 41.2 Å². The number of nitrogens with two attached hydrogens (primary N) is 1. The van der Waals surface area contributed by atoms with Gasteiger partial charge in [0, 0.05) is 58.4 Å². The molecule has 0 aliphatic rings. The average molecular weight is 552 g/mol. The van der Waals surface area contributed by atoms with E-state index in [9.17, 15) is 23.2 Å². The Labute approximate surface area is 235 Å². The zero-order chi connectivity index (χ0) is 29.1. The molecule has 0 aliphatic heterocycles. The van der Waals surface area contributed by atoms with Crippen molar-refractivity contribution in [3.8, 4) is 11.1 Å². The number of ketones is 2. The third-order valence-corrected chi connectivity index (χ3v) is 7.08. The molecule has 0 unspecified atom stereocenters. The first-order valence-electron chi connectivity index (χ1n) is 13.1. The molecule has 3 aromatic carbocycles. The number of halogens is 2. The van der Waals surface area contributed by atoms with E-state index in [1.807, 2.05) is 36.4 Å². The van der Waals surface area contributed by atoms with E-state index in [1.165, 1.54) is 19.1 Å². The molecule has 2 N–H and O–H groups in total. The van der Waals surface area contributed by atoms with E-state index >= 15 is 0 Å². The largest absolute Gasteiger partial charge is 0.366 e. The van der Waals surface area contributed by atoms with Crippen LogP contribution in [-0.2, 0) is 17.8 Å². The molecule has 0 bridgehead atoms. The summed E-state index contributed by atoms with van der Waals surface area (Å²) in [4.78, 5) is 42.2. The van der Waals surface area contributed by atoms with Crippen molar-refractivity contribution in [3.05, 3.63) is 125 Å². The lowest BCUT2D eigenvalue weighted by atomic mass is 9.86. The minimum Gasteiger partial charge on any atom is -0.366 e. The Morgan fingerprint density at radius 3 is 2.41 bits per heavy atom. The van der Waals surface area contributed by atoms with Gasteiger partial charge in [-0.05, 0) is 60.9 Å². The van der Waals surface area contributed by atoms with Gasteiger partial charge in [-0.15, -0.1) is 0 Å². The topological polar surface area (TPSA) is 95.1 Å². The van der Waals surface area contributed by atoms with Gasteiger partial charge in [0.25, 0.3) is 0 Å². The van der Waals surface area contributed by atoms with Crippen molar-refractivity contribution in [1.82, 2.24) is 9.55 Å². The number of benzene rings is 3. The molecule has 0 fully saturated rings. The maximum atomic E-state index is 14.1. The van der Waals surface area contributed by atoms with Crippen molar-refractivity contribution in [1.29, 1.82) is 0 Å². The summed E-state index contributed by atoms with van der Waals surface area (Å²) in [5, 5.41) is 0.765. The molecule has 2 heterocycles. The number of amides is 1. The lowest BCUT2D eigenvalue weighted by Gasteiger charge is -2.20. The van der Waals surface area contributed by atoms with E-state index in [-0.39, 0.29) is 31.0 Å². The third kappa shape index (κ3) is 6.11. The first-order chi connectivity index (χ1) is 19.7. The highest BCUT2D eigenvalue weighted by Crippen LogP contribution is 2.33. The number of rotatable bonds is 10. The van der Waals surface area contributed by atoms with Gasteiger partial charge in [0.05, 0.1) is 12.2 Å². The summed E-state index contributed by atoms with van der Waals surface area (Å²) in [6, 6.07) is 21.0. The van der Waals surface area contributed by atoms with Gasteiger partial charge in [0.2, 0.25) is 5.91 Å². The minimum absolute atomic E-state index is 0.00112. The van der Waals surface area contributed by atoms with Gasteiger partial charge < -0.3 is 10.3 Å². The summed E-state index contributed by atoms with van der Waals surface area (Å²) < 4.78 is 30.0. The minimum atomic E-state index is -0.712. The first-order valence-corrected chi connectivity index (χ1v) is 13.1. The van der Waals surface area contributed by atoms with Gasteiger partial charge in [0.15, 0.2) is 11.6 Å². The number of pyridine rings is 1. The van der Waals surface area contributed by atoms with E-state index in [4.69, 9.17) is 5.73 Å². The quantitative estimate of drug-likeness (QED) is 0.207. The number of carbonyl (C=O) groups excluding carboxylic acids is 3. The molecule has 0 radical (unpaired) electrons. The van der Waals surface area contributed by atoms with E-state index < -0.39 is 23.5 Å². The molecule has 0 saturated carbocycles. The number of para-hydroxylation sites is 1. The maximum absolute atomic E-state index is 14.1. The number of hydrogen-bond donors (Lipinski definition) is 1. The van der Waals surface area contributed by atoms with Crippen LogP contribution in [0.15, 0.2) is 91.3 Å². The second-order valence-electron chi connectivity index (χ2n) is 10.0. The number of nitrogens with zero attached hydrogens (tertiary/aromatic N) is 2. The molecular formula is C33H27F2N3O3. The SMILES string of the molecule is CC(=O)c1cn(CC(=O)C[C@@H](Cc2cc(F)cc(F)c2)c2ncccc2-c2cccc(C(N)=O)c2)c2ccccc12. The highest BCUT2D eigenvalue weighted by atomic mass is 19.1. The molecule has 5 aromatic rings. The summed E-state index contributed by atoms with van der Waals surface area (Å²) in [5.74, 6) is -2.80. The van der Waals surface area contributed by atoms with Gasteiger partial charge in [-0.1, -0.05) is 36.4 Å². The highest BCUT2D eigenvalue weighted by Gasteiger charge is 2.24. The number of carbonyl (C=O) groups is 3. The highest BCUT2D eigenvalue weighted by molar-refractivity contribution is 6.07. The van der Waals surface area contributed by atoms with Crippen LogP contribution in [0.4, 0.5) is 8.78 Å². The van der Waals surface area contributed by atoms with Gasteiger partial charge in [-0.25, -0.2) is 8.78 Å². The fourth-order valence-electron chi connectivity index (χ4n) is 5.29. The molecule has 41 heavy (non-hydrogen) atoms. The van der Waals surface area contributed by atoms with Gasteiger partial charge in [0.1, 0.15) is 11.6 Å². The average Bonchev–Trinajstić information content (AvgIpc) is 3.31. The molecular weight excluding hydrogens is 524 g/mol. The van der Waals surface area contributed by atoms with E-state index in [0.29, 0.717) is 33.5 Å². The van der Waals surface area contributed by atoms with Gasteiger partial charge >= 0.3 is 0 Å². The van der Waals surface area contributed by atoms with Crippen molar-refractivity contribution in [2.45, 2.75) is 32.2 Å². The molecule has 206 valence electrons. The second-order valence-corrected chi connectivity index (χ2v) is 10.0. The number of primary amides is 1. The molecule has 2 aromatic heterocycles. The molecule has 0 saturated heterocycles. The predicted octanol–water partition coefficient (Wildman–Crippen LogP) is 6.27. The summed E-state index contributed by atoms with van der Waals surface area (Å²) in [5.41, 5.74) is 9.39. The Balaban J connectivity index is 1.53. The Morgan fingerprint density at radius 1 is 0.927 bits per heavy atom. The number of aromatic nitrogens is 2. The van der Waals surface area contributed by atoms with Crippen LogP contribution in [0.3, 0.4) is 0 Å². The Hall–Kier alpha value is -4.98. The zero-order valence-corrected chi connectivity index (χ0v) is 22.3. The van der Waals surface area contributed by atoms with Crippen LogP contribution in [0.5, 0.6) is 0 Å². The summed E-state index contributed by atoms with van der Waals surface area (Å²) in [6.45, 7) is 1.49.